The van der Waals surface area contributed by atoms with Crippen LogP contribution in [-0.2, 0) is 6.54 Å². The number of para-hydroxylation sites is 1. The van der Waals surface area contributed by atoms with E-state index in [-0.39, 0.29) is 6.03 Å². The number of nitrogens with one attached hydrogen (secondary N) is 1. The van der Waals surface area contributed by atoms with Gasteiger partial charge in [0.2, 0.25) is 0 Å². The lowest BCUT2D eigenvalue weighted by Gasteiger charge is -2.34. The number of benzene rings is 2. The monoisotopic (exact) mass is 393 g/mol. The van der Waals surface area contributed by atoms with Gasteiger partial charge in [-0.2, -0.15) is 0 Å². The van der Waals surface area contributed by atoms with Gasteiger partial charge >= 0.3 is 6.03 Å². The number of rotatable bonds is 4. The van der Waals surface area contributed by atoms with Gasteiger partial charge in [0.05, 0.1) is 7.11 Å². The Morgan fingerprint density at radius 3 is 2.38 bits per heavy atom. The summed E-state index contributed by atoms with van der Waals surface area (Å²) in [5.74, 6) is 0.894. The van der Waals surface area contributed by atoms with Crippen LogP contribution in [0.5, 0.6) is 5.75 Å². The summed E-state index contributed by atoms with van der Waals surface area (Å²) in [6.45, 7) is 3.75. The molecule has 0 aromatic heterocycles. The van der Waals surface area contributed by atoms with Gasteiger partial charge in [0.15, 0.2) is 0 Å². The van der Waals surface area contributed by atoms with Crippen LogP contribution >= 0.6 is 23.2 Å². The zero-order chi connectivity index (χ0) is 18.5. The number of hydrogen-bond acceptors (Lipinski definition) is 3. The molecule has 1 aliphatic rings. The Morgan fingerprint density at radius 2 is 1.73 bits per heavy atom. The van der Waals surface area contributed by atoms with Crippen LogP contribution in [0.2, 0.25) is 10.0 Å². The van der Waals surface area contributed by atoms with Crippen LogP contribution in [0.25, 0.3) is 0 Å². The van der Waals surface area contributed by atoms with Crippen LogP contribution in [0.3, 0.4) is 0 Å². The van der Waals surface area contributed by atoms with Gasteiger partial charge in [-0.3, -0.25) is 4.90 Å². The number of amides is 2. The number of halogens is 2. The molecule has 2 amide bonds. The van der Waals surface area contributed by atoms with Crippen LogP contribution < -0.4 is 10.1 Å². The van der Waals surface area contributed by atoms with E-state index in [0.29, 0.717) is 28.8 Å². The van der Waals surface area contributed by atoms with E-state index in [2.05, 4.69) is 16.3 Å². The van der Waals surface area contributed by atoms with Crippen molar-refractivity contribution in [2.24, 2.45) is 0 Å². The second-order valence-corrected chi connectivity index (χ2v) is 7.04. The molecule has 5 nitrogen and oxygen atoms in total. The first-order valence-electron chi connectivity index (χ1n) is 8.41. The maximum Gasteiger partial charge on any atom is 0.321 e. The summed E-state index contributed by atoms with van der Waals surface area (Å²) in [4.78, 5) is 16.6. The van der Waals surface area contributed by atoms with E-state index in [0.717, 1.165) is 30.9 Å². The molecule has 2 aromatic carbocycles. The highest BCUT2D eigenvalue weighted by atomic mass is 35.5. The number of carbonyl (C=O) groups excluding carboxylic acids is 1. The minimum atomic E-state index is -0.139. The van der Waals surface area contributed by atoms with Gasteiger partial charge in [-0.05, 0) is 24.3 Å². The van der Waals surface area contributed by atoms with Crippen LogP contribution in [0.1, 0.15) is 5.56 Å². The van der Waals surface area contributed by atoms with Gasteiger partial charge in [0.25, 0.3) is 0 Å². The van der Waals surface area contributed by atoms with E-state index in [1.807, 2.05) is 18.2 Å². The lowest BCUT2D eigenvalue weighted by atomic mass is 10.1. The topological polar surface area (TPSA) is 44.8 Å². The zero-order valence-electron chi connectivity index (χ0n) is 14.5. The molecule has 7 heteroatoms. The maximum atomic E-state index is 12.4. The van der Waals surface area contributed by atoms with Crippen LogP contribution in [-0.4, -0.2) is 49.1 Å². The number of ether oxygens (including phenoxy) is 1. The van der Waals surface area contributed by atoms with Gasteiger partial charge in [0, 0.05) is 54.0 Å². The predicted molar refractivity (Wildman–Crippen MR) is 105 cm³/mol. The van der Waals surface area contributed by atoms with Gasteiger partial charge < -0.3 is 15.0 Å². The molecule has 0 aliphatic carbocycles. The van der Waals surface area contributed by atoms with Crippen molar-refractivity contribution in [1.29, 1.82) is 0 Å². The molecule has 1 saturated heterocycles. The van der Waals surface area contributed by atoms with Crippen molar-refractivity contribution in [2.75, 3.05) is 38.6 Å². The highest BCUT2D eigenvalue weighted by Crippen LogP contribution is 2.23. The summed E-state index contributed by atoms with van der Waals surface area (Å²) in [6, 6.07) is 12.9. The number of nitrogens with zero attached hydrogens (tertiary/aromatic N) is 2. The van der Waals surface area contributed by atoms with Crippen molar-refractivity contribution < 1.29 is 9.53 Å². The molecule has 0 atom stereocenters. The molecule has 0 unspecified atom stereocenters. The fourth-order valence-electron chi connectivity index (χ4n) is 3.01. The van der Waals surface area contributed by atoms with E-state index in [1.54, 1.807) is 30.2 Å². The molecule has 0 radical (unpaired) electrons. The minimum absolute atomic E-state index is 0.139. The Hall–Kier alpha value is -1.95. The van der Waals surface area contributed by atoms with Gasteiger partial charge in [-0.1, -0.05) is 41.4 Å². The van der Waals surface area contributed by atoms with Crippen molar-refractivity contribution in [3.63, 3.8) is 0 Å². The molecule has 0 spiro atoms. The normalized spacial score (nSPS) is 15.0. The first kappa shape index (κ1) is 18.8. The molecule has 1 fully saturated rings. The van der Waals surface area contributed by atoms with E-state index in [4.69, 9.17) is 27.9 Å². The Kier molecular flexibility index (Phi) is 6.25. The molecule has 2 aromatic rings. The van der Waals surface area contributed by atoms with Crippen molar-refractivity contribution >= 4 is 34.9 Å². The van der Waals surface area contributed by atoms with Gasteiger partial charge in [-0.25, -0.2) is 4.79 Å². The third kappa shape index (κ3) is 4.81. The van der Waals surface area contributed by atoms with E-state index < -0.39 is 0 Å². The molecule has 1 aliphatic heterocycles. The molecular formula is C19H21Cl2N3O2. The van der Waals surface area contributed by atoms with Crippen molar-refractivity contribution in [3.05, 3.63) is 58.1 Å². The SMILES string of the molecule is COc1ccccc1CN1CCN(C(=O)Nc2cc(Cl)cc(Cl)c2)CC1. The second-order valence-electron chi connectivity index (χ2n) is 6.16. The lowest BCUT2D eigenvalue weighted by molar-refractivity contribution is 0.142. The first-order chi connectivity index (χ1) is 12.5. The van der Waals surface area contributed by atoms with E-state index in [9.17, 15) is 4.79 Å². The number of methoxy groups -OCH3 is 1. The van der Waals surface area contributed by atoms with Crippen LogP contribution in [0.15, 0.2) is 42.5 Å². The summed E-state index contributed by atoms with van der Waals surface area (Å²) >= 11 is 11.9. The summed E-state index contributed by atoms with van der Waals surface area (Å²) < 4.78 is 5.41. The van der Waals surface area contributed by atoms with Crippen molar-refractivity contribution in [3.8, 4) is 5.75 Å². The molecule has 3 rings (SSSR count). The van der Waals surface area contributed by atoms with E-state index >= 15 is 0 Å². The number of carbonyl (C=O) groups is 1. The Morgan fingerprint density at radius 1 is 1.08 bits per heavy atom. The summed E-state index contributed by atoms with van der Waals surface area (Å²) in [7, 11) is 1.68. The number of hydrogen-bond donors (Lipinski definition) is 1. The van der Waals surface area contributed by atoms with Crippen LogP contribution in [0, 0.1) is 0 Å². The average Bonchev–Trinajstić information content (AvgIpc) is 2.62. The minimum Gasteiger partial charge on any atom is -0.496 e. The third-order valence-corrected chi connectivity index (χ3v) is 4.80. The number of anilines is 1. The smallest absolute Gasteiger partial charge is 0.321 e. The molecule has 1 N–H and O–H groups in total. The fourth-order valence-corrected chi connectivity index (χ4v) is 3.54. The van der Waals surface area contributed by atoms with Gasteiger partial charge in [-0.15, -0.1) is 0 Å². The Balaban J connectivity index is 1.53. The van der Waals surface area contributed by atoms with Crippen molar-refractivity contribution in [2.45, 2.75) is 6.54 Å². The lowest BCUT2D eigenvalue weighted by Crippen LogP contribution is -2.49. The molecular weight excluding hydrogens is 373 g/mol. The molecule has 138 valence electrons. The predicted octanol–water partition coefficient (Wildman–Crippen LogP) is 4.35. The fraction of sp³-hybridized carbons (Fsp3) is 0.316. The molecule has 0 bridgehead atoms. The highest BCUT2D eigenvalue weighted by Gasteiger charge is 2.22. The van der Waals surface area contributed by atoms with Crippen LogP contribution in [0.4, 0.5) is 10.5 Å². The second kappa shape index (κ2) is 8.62. The Bertz CT molecular complexity index is 757. The highest BCUT2D eigenvalue weighted by molar-refractivity contribution is 6.35. The quantitative estimate of drug-likeness (QED) is 0.839. The van der Waals surface area contributed by atoms with Gasteiger partial charge in [0.1, 0.15) is 5.75 Å². The third-order valence-electron chi connectivity index (χ3n) is 4.36. The summed E-state index contributed by atoms with van der Waals surface area (Å²) in [5, 5.41) is 3.85. The largest absolute Gasteiger partial charge is 0.496 e. The summed E-state index contributed by atoms with van der Waals surface area (Å²) in [6.07, 6.45) is 0. The zero-order valence-corrected chi connectivity index (χ0v) is 16.1. The molecule has 26 heavy (non-hydrogen) atoms. The molecule has 0 saturated carbocycles. The average molecular weight is 394 g/mol. The maximum absolute atomic E-state index is 12.4. The van der Waals surface area contributed by atoms with E-state index in [1.165, 1.54) is 0 Å². The van der Waals surface area contributed by atoms with Crippen molar-refractivity contribution in [1.82, 2.24) is 9.80 Å². The first-order valence-corrected chi connectivity index (χ1v) is 9.17. The Labute approximate surface area is 163 Å². The number of urea groups is 1. The molecule has 1 heterocycles. The summed E-state index contributed by atoms with van der Waals surface area (Å²) in [5.41, 5.74) is 1.76. The standard InChI is InChI=1S/C19H21Cl2N3O2/c1-26-18-5-3-2-4-14(18)13-23-6-8-24(9-7-23)19(25)22-17-11-15(20)10-16(21)12-17/h2-5,10-12H,6-9,13H2,1H3,(H,22,25). The number of piperazine rings is 1.